The predicted octanol–water partition coefficient (Wildman–Crippen LogP) is 2.83. The number of hydrogen-bond acceptors (Lipinski definition) is 4. The molecule has 0 aliphatic carbocycles. The van der Waals surface area contributed by atoms with Crippen molar-refractivity contribution in [2.75, 3.05) is 24.1 Å². The van der Waals surface area contributed by atoms with Gasteiger partial charge in [-0.25, -0.2) is 8.42 Å². The molecule has 1 amide bonds. The molecule has 146 valence electrons. The number of nitrogens with zero attached hydrogens (tertiary/aromatic N) is 1. The van der Waals surface area contributed by atoms with Crippen LogP contribution >= 0.6 is 0 Å². The quantitative estimate of drug-likeness (QED) is 0.691. The summed E-state index contributed by atoms with van der Waals surface area (Å²) in [6.45, 7) is 7.52. The lowest BCUT2D eigenvalue weighted by molar-refractivity contribution is 0.0950. The zero-order valence-electron chi connectivity index (χ0n) is 16.0. The summed E-state index contributed by atoms with van der Waals surface area (Å²) in [5, 5.41) is 2.94. The van der Waals surface area contributed by atoms with E-state index in [0.717, 1.165) is 31.5 Å². The average molecular weight is 390 g/mol. The molecular formula is C20H27N3O3S. The Hall–Kier alpha value is -2.38. The Bertz CT molecular complexity index is 860. The number of anilines is 1. The van der Waals surface area contributed by atoms with Crippen LogP contribution < -0.4 is 10.0 Å². The normalized spacial score (nSPS) is 11.4. The average Bonchev–Trinajstić information content (AvgIpc) is 2.64. The van der Waals surface area contributed by atoms with Gasteiger partial charge in [0.05, 0.1) is 6.26 Å². The first-order valence-corrected chi connectivity index (χ1v) is 10.9. The standard InChI is InChI=1S/C20H27N3O3S/c1-4-23(5-2)15-18-9-7-6-8-17(18)14-21-20(24)16-10-12-19(13-11-16)22-27(3,25)26/h6-13,22H,4-5,14-15H2,1-3H3,(H,21,24). The van der Waals surface area contributed by atoms with Gasteiger partial charge in [0, 0.05) is 24.3 Å². The Morgan fingerprint density at radius 1 is 0.963 bits per heavy atom. The number of carbonyl (C=O) groups excluding carboxylic acids is 1. The van der Waals surface area contributed by atoms with Crippen molar-refractivity contribution in [2.45, 2.75) is 26.9 Å². The van der Waals surface area contributed by atoms with Gasteiger partial charge < -0.3 is 5.32 Å². The van der Waals surface area contributed by atoms with E-state index in [-0.39, 0.29) is 5.91 Å². The van der Waals surface area contributed by atoms with Crippen molar-refractivity contribution < 1.29 is 13.2 Å². The monoisotopic (exact) mass is 389 g/mol. The maximum Gasteiger partial charge on any atom is 0.251 e. The molecule has 0 atom stereocenters. The van der Waals surface area contributed by atoms with Crippen LogP contribution in [0.4, 0.5) is 5.69 Å². The molecule has 0 bridgehead atoms. The molecule has 27 heavy (non-hydrogen) atoms. The maximum atomic E-state index is 12.4. The SMILES string of the molecule is CCN(CC)Cc1ccccc1CNC(=O)c1ccc(NS(C)(=O)=O)cc1. The first kappa shape index (κ1) is 20.9. The second-order valence-corrected chi connectivity index (χ2v) is 8.11. The van der Waals surface area contributed by atoms with Crippen molar-refractivity contribution in [2.24, 2.45) is 0 Å². The Labute approximate surface area is 161 Å². The summed E-state index contributed by atoms with van der Waals surface area (Å²) in [5.41, 5.74) is 3.20. The molecule has 7 heteroatoms. The number of nitrogens with one attached hydrogen (secondary N) is 2. The third-order valence-corrected chi connectivity index (χ3v) is 4.90. The minimum Gasteiger partial charge on any atom is -0.348 e. The van der Waals surface area contributed by atoms with Gasteiger partial charge in [-0.05, 0) is 48.5 Å². The fourth-order valence-corrected chi connectivity index (χ4v) is 3.32. The summed E-state index contributed by atoms with van der Waals surface area (Å²) < 4.78 is 24.9. The van der Waals surface area contributed by atoms with Crippen LogP contribution in [0.3, 0.4) is 0 Å². The second-order valence-electron chi connectivity index (χ2n) is 6.36. The Morgan fingerprint density at radius 3 is 2.11 bits per heavy atom. The van der Waals surface area contributed by atoms with Gasteiger partial charge in [-0.3, -0.25) is 14.4 Å². The van der Waals surface area contributed by atoms with E-state index < -0.39 is 10.0 Å². The Morgan fingerprint density at radius 2 is 1.56 bits per heavy atom. The molecule has 0 aromatic heterocycles. The number of benzene rings is 2. The van der Waals surface area contributed by atoms with E-state index in [2.05, 4.69) is 34.9 Å². The highest BCUT2D eigenvalue weighted by molar-refractivity contribution is 7.92. The van der Waals surface area contributed by atoms with Crippen LogP contribution in [0.2, 0.25) is 0 Å². The van der Waals surface area contributed by atoms with Crippen LogP contribution in [0.1, 0.15) is 35.3 Å². The van der Waals surface area contributed by atoms with E-state index in [1.165, 1.54) is 5.56 Å². The third-order valence-electron chi connectivity index (χ3n) is 4.30. The highest BCUT2D eigenvalue weighted by Gasteiger charge is 2.10. The highest BCUT2D eigenvalue weighted by Crippen LogP contribution is 2.13. The van der Waals surface area contributed by atoms with Crippen molar-refractivity contribution >= 4 is 21.6 Å². The van der Waals surface area contributed by atoms with E-state index in [9.17, 15) is 13.2 Å². The van der Waals surface area contributed by atoms with Gasteiger partial charge >= 0.3 is 0 Å². The van der Waals surface area contributed by atoms with Crippen molar-refractivity contribution in [3.63, 3.8) is 0 Å². The van der Waals surface area contributed by atoms with Gasteiger partial charge in [-0.1, -0.05) is 38.1 Å². The predicted molar refractivity (Wildman–Crippen MR) is 109 cm³/mol. The number of hydrogen-bond donors (Lipinski definition) is 2. The number of carbonyl (C=O) groups is 1. The van der Waals surface area contributed by atoms with Crippen LogP contribution in [-0.4, -0.2) is 38.6 Å². The molecule has 0 saturated carbocycles. The fraction of sp³-hybridized carbons (Fsp3) is 0.350. The summed E-state index contributed by atoms with van der Waals surface area (Å²) in [5.74, 6) is -0.196. The Balaban J connectivity index is 2.01. The third kappa shape index (κ3) is 6.69. The number of rotatable bonds is 9. The molecule has 2 rings (SSSR count). The van der Waals surface area contributed by atoms with Crippen LogP contribution in [0, 0.1) is 0 Å². The lowest BCUT2D eigenvalue weighted by atomic mass is 10.1. The lowest BCUT2D eigenvalue weighted by Gasteiger charge is -2.20. The summed E-state index contributed by atoms with van der Waals surface area (Å²) >= 11 is 0. The van der Waals surface area contributed by atoms with Crippen LogP contribution in [0.15, 0.2) is 48.5 Å². The van der Waals surface area contributed by atoms with Crippen molar-refractivity contribution in [1.82, 2.24) is 10.2 Å². The van der Waals surface area contributed by atoms with Gasteiger partial charge in [0.2, 0.25) is 10.0 Å². The van der Waals surface area contributed by atoms with Crippen molar-refractivity contribution in [1.29, 1.82) is 0 Å². The number of sulfonamides is 1. The van der Waals surface area contributed by atoms with Gasteiger partial charge in [0.25, 0.3) is 5.91 Å². The molecule has 0 fully saturated rings. The second kappa shape index (κ2) is 9.53. The summed E-state index contributed by atoms with van der Waals surface area (Å²) in [4.78, 5) is 14.7. The summed E-state index contributed by atoms with van der Waals surface area (Å²) in [7, 11) is -3.33. The fourth-order valence-electron chi connectivity index (χ4n) is 2.75. The first-order valence-electron chi connectivity index (χ1n) is 8.97. The molecule has 2 N–H and O–H groups in total. The van der Waals surface area contributed by atoms with Crippen molar-refractivity contribution in [3.8, 4) is 0 Å². The molecule has 0 unspecified atom stereocenters. The minimum atomic E-state index is -3.33. The molecule has 0 spiro atoms. The lowest BCUT2D eigenvalue weighted by Crippen LogP contribution is -2.26. The van der Waals surface area contributed by atoms with E-state index >= 15 is 0 Å². The first-order chi connectivity index (χ1) is 12.8. The summed E-state index contributed by atoms with van der Waals surface area (Å²) in [6.07, 6.45) is 1.09. The minimum absolute atomic E-state index is 0.196. The van der Waals surface area contributed by atoms with Crippen LogP contribution in [0.25, 0.3) is 0 Å². The molecular weight excluding hydrogens is 362 g/mol. The summed E-state index contributed by atoms with van der Waals surface area (Å²) in [6, 6.07) is 14.4. The van der Waals surface area contributed by atoms with Gasteiger partial charge in [0.1, 0.15) is 0 Å². The smallest absolute Gasteiger partial charge is 0.251 e. The van der Waals surface area contributed by atoms with E-state index in [0.29, 0.717) is 17.8 Å². The molecule has 2 aromatic carbocycles. The van der Waals surface area contributed by atoms with Gasteiger partial charge in [-0.15, -0.1) is 0 Å². The zero-order valence-corrected chi connectivity index (χ0v) is 16.8. The topological polar surface area (TPSA) is 78.5 Å². The molecule has 6 nitrogen and oxygen atoms in total. The van der Waals surface area contributed by atoms with E-state index in [4.69, 9.17) is 0 Å². The van der Waals surface area contributed by atoms with E-state index in [1.807, 2.05) is 18.2 Å². The number of amides is 1. The highest BCUT2D eigenvalue weighted by atomic mass is 32.2. The van der Waals surface area contributed by atoms with Crippen LogP contribution in [0.5, 0.6) is 0 Å². The molecule has 0 saturated heterocycles. The van der Waals surface area contributed by atoms with Crippen LogP contribution in [-0.2, 0) is 23.1 Å². The van der Waals surface area contributed by atoms with Gasteiger partial charge in [0.15, 0.2) is 0 Å². The van der Waals surface area contributed by atoms with Gasteiger partial charge in [-0.2, -0.15) is 0 Å². The van der Waals surface area contributed by atoms with Crippen molar-refractivity contribution in [3.05, 3.63) is 65.2 Å². The molecule has 0 aliphatic heterocycles. The molecule has 2 aromatic rings. The maximum absolute atomic E-state index is 12.4. The zero-order chi connectivity index (χ0) is 19.9. The molecule has 0 radical (unpaired) electrons. The molecule has 0 aliphatic rings. The molecule has 0 heterocycles. The Kier molecular flexibility index (Phi) is 7.38. The largest absolute Gasteiger partial charge is 0.348 e. The van der Waals surface area contributed by atoms with E-state index in [1.54, 1.807) is 24.3 Å².